The number of nitrogens with zero attached hydrogens (tertiary/aromatic N) is 4. The zero-order valence-corrected chi connectivity index (χ0v) is 10.1. The van der Waals surface area contributed by atoms with E-state index in [1.54, 1.807) is 5.43 Å². The van der Waals surface area contributed by atoms with Crippen molar-refractivity contribution in [2.75, 3.05) is 19.0 Å². The summed E-state index contributed by atoms with van der Waals surface area (Å²) in [6.07, 6.45) is 1.45. The van der Waals surface area contributed by atoms with E-state index in [4.69, 9.17) is 5.73 Å². The van der Waals surface area contributed by atoms with Crippen LogP contribution in [0.25, 0.3) is 0 Å². The average Bonchev–Trinajstić information content (AvgIpc) is 2.28. The summed E-state index contributed by atoms with van der Waals surface area (Å²) in [4.78, 5) is 12.0. The van der Waals surface area contributed by atoms with Crippen LogP contribution in [0, 0.1) is 10.1 Å². The fourth-order valence-corrected chi connectivity index (χ4v) is 1.13. The minimum atomic E-state index is -0.805. The fourth-order valence-electron chi connectivity index (χ4n) is 1.13. The van der Waals surface area contributed by atoms with E-state index in [0.717, 1.165) is 11.3 Å². The standard InChI is InChI=1S/C10H14N6O2/c1-15(2)9-5-3-8(4-6-9)7-12-13-10(11)14-16(17)18/h3-7H,1-2H3,(H3,11,13,14). The number of nitro groups is 1. The summed E-state index contributed by atoms with van der Waals surface area (Å²) in [6, 6.07) is 7.55. The minimum Gasteiger partial charge on any atom is -0.378 e. The zero-order valence-electron chi connectivity index (χ0n) is 10.1. The van der Waals surface area contributed by atoms with E-state index in [1.807, 2.05) is 43.3 Å². The predicted molar refractivity (Wildman–Crippen MR) is 70.1 cm³/mol. The maximum absolute atomic E-state index is 10.0. The zero-order chi connectivity index (χ0) is 13.5. The highest BCUT2D eigenvalue weighted by Gasteiger charge is 1.97. The van der Waals surface area contributed by atoms with Gasteiger partial charge in [-0.15, -0.1) is 5.10 Å². The molecule has 96 valence electrons. The summed E-state index contributed by atoms with van der Waals surface area (Å²) >= 11 is 0. The summed E-state index contributed by atoms with van der Waals surface area (Å²) in [5, 5.41) is 16.3. The first-order valence-corrected chi connectivity index (χ1v) is 5.04. The molecular formula is C10H14N6O2. The van der Waals surface area contributed by atoms with Crippen LogP contribution in [-0.2, 0) is 0 Å². The predicted octanol–water partition coefficient (Wildman–Crippen LogP) is 0.183. The van der Waals surface area contributed by atoms with Crippen molar-refractivity contribution in [2.45, 2.75) is 0 Å². The normalized spacial score (nSPS) is 11.6. The summed E-state index contributed by atoms with van der Waals surface area (Å²) in [6.45, 7) is 0. The van der Waals surface area contributed by atoms with Crippen LogP contribution in [0.1, 0.15) is 5.56 Å². The lowest BCUT2D eigenvalue weighted by Gasteiger charge is -2.11. The van der Waals surface area contributed by atoms with E-state index >= 15 is 0 Å². The van der Waals surface area contributed by atoms with Gasteiger partial charge in [-0.2, -0.15) is 5.10 Å². The Morgan fingerprint density at radius 3 is 2.56 bits per heavy atom. The first-order chi connectivity index (χ1) is 8.49. The summed E-state index contributed by atoms with van der Waals surface area (Å²) in [7, 11) is 3.88. The molecule has 0 amide bonds. The van der Waals surface area contributed by atoms with Gasteiger partial charge in [0.2, 0.25) is 0 Å². The molecule has 1 aromatic carbocycles. The SMILES string of the molecule is CN(C)c1ccc(C=NN=C(N)N[N+](=O)[O-])cc1. The molecule has 0 aliphatic carbocycles. The summed E-state index contributed by atoms with van der Waals surface area (Å²) < 4.78 is 0. The molecule has 8 nitrogen and oxygen atoms in total. The molecule has 18 heavy (non-hydrogen) atoms. The van der Waals surface area contributed by atoms with Crippen molar-refractivity contribution in [3.63, 3.8) is 0 Å². The Morgan fingerprint density at radius 2 is 2.06 bits per heavy atom. The Morgan fingerprint density at radius 1 is 1.44 bits per heavy atom. The number of benzene rings is 1. The number of nitrogens with two attached hydrogens (primary N) is 1. The molecule has 0 bridgehead atoms. The number of nitrogens with one attached hydrogen (secondary N) is 1. The van der Waals surface area contributed by atoms with Gasteiger partial charge >= 0.3 is 0 Å². The number of rotatable bonds is 4. The quantitative estimate of drug-likeness (QED) is 0.343. The van der Waals surface area contributed by atoms with E-state index in [9.17, 15) is 10.1 Å². The Labute approximate surface area is 104 Å². The van der Waals surface area contributed by atoms with Gasteiger partial charge in [0.25, 0.3) is 5.96 Å². The van der Waals surface area contributed by atoms with Gasteiger partial charge in [0.15, 0.2) is 5.03 Å². The molecule has 0 aromatic heterocycles. The first-order valence-electron chi connectivity index (χ1n) is 5.04. The van der Waals surface area contributed by atoms with Gasteiger partial charge in [-0.1, -0.05) is 17.6 Å². The molecule has 0 saturated heterocycles. The number of guanidine groups is 1. The summed E-state index contributed by atoms with van der Waals surface area (Å²) in [5.74, 6) is -0.374. The van der Waals surface area contributed by atoms with E-state index in [1.165, 1.54) is 6.21 Å². The van der Waals surface area contributed by atoms with Gasteiger partial charge in [0, 0.05) is 19.8 Å². The molecule has 8 heteroatoms. The molecule has 0 aliphatic heterocycles. The highest BCUT2D eigenvalue weighted by Crippen LogP contribution is 2.10. The van der Waals surface area contributed by atoms with Crippen LogP contribution >= 0.6 is 0 Å². The van der Waals surface area contributed by atoms with Crippen LogP contribution in [-0.4, -0.2) is 31.3 Å². The van der Waals surface area contributed by atoms with E-state index < -0.39 is 5.03 Å². The fraction of sp³-hybridized carbons (Fsp3) is 0.200. The monoisotopic (exact) mass is 250 g/mol. The molecule has 0 spiro atoms. The highest BCUT2D eigenvalue weighted by atomic mass is 16.7. The number of hydrogen-bond acceptors (Lipinski definition) is 5. The second-order valence-electron chi connectivity index (χ2n) is 3.58. The third-order valence-electron chi connectivity index (χ3n) is 1.99. The van der Waals surface area contributed by atoms with Gasteiger partial charge in [-0.05, 0) is 17.7 Å². The van der Waals surface area contributed by atoms with Crippen LogP contribution in [0.4, 0.5) is 5.69 Å². The highest BCUT2D eigenvalue weighted by molar-refractivity contribution is 5.82. The minimum absolute atomic E-state index is 0.374. The Bertz CT molecular complexity index is 466. The molecular weight excluding hydrogens is 236 g/mol. The van der Waals surface area contributed by atoms with E-state index in [2.05, 4.69) is 10.2 Å². The number of hydrogen-bond donors (Lipinski definition) is 2. The molecule has 0 fully saturated rings. The smallest absolute Gasteiger partial charge is 0.275 e. The molecule has 0 atom stereocenters. The number of hydrazine groups is 1. The molecule has 1 rings (SSSR count). The van der Waals surface area contributed by atoms with Gasteiger partial charge in [-0.3, -0.25) is 0 Å². The Balaban J connectivity index is 2.64. The van der Waals surface area contributed by atoms with Crippen molar-refractivity contribution in [3.8, 4) is 0 Å². The number of anilines is 1. The topological polar surface area (TPSA) is 109 Å². The molecule has 0 unspecified atom stereocenters. The van der Waals surface area contributed by atoms with Crippen LogP contribution < -0.4 is 16.1 Å². The Hall–Kier alpha value is -2.64. The average molecular weight is 250 g/mol. The van der Waals surface area contributed by atoms with Crippen molar-refractivity contribution in [1.29, 1.82) is 0 Å². The lowest BCUT2D eigenvalue weighted by atomic mass is 10.2. The molecule has 0 saturated carbocycles. The van der Waals surface area contributed by atoms with Crippen LogP contribution in [0.15, 0.2) is 34.5 Å². The van der Waals surface area contributed by atoms with Crippen LogP contribution in [0.5, 0.6) is 0 Å². The maximum Gasteiger partial charge on any atom is 0.275 e. The van der Waals surface area contributed by atoms with Crippen LogP contribution in [0.3, 0.4) is 0 Å². The largest absolute Gasteiger partial charge is 0.378 e. The van der Waals surface area contributed by atoms with Gasteiger partial charge in [0.05, 0.1) is 6.21 Å². The van der Waals surface area contributed by atoms with Gasteiger partial charge in [0.1, 0.15) is 0 Å². The third kappa shape index (κ3) is 4.47. The lowest BCUT2D eigenvalue weighted by molar-refractivity contribution is -0.525. The van der Waals surface area contributed by atoms with Crippen molar-refractivity contribution >= 4 is 17.9 Å². The molecule has 0 radical (unpaired) electrons. The van der Waals surface area contributed by atoms with Gasteiger partial charge in [-0.25, -0.2) is 10.1 Å². The van der Waals surface area contributed by atoms with Gasteiger partial charge < -0.3 is 10.6 Å². The second kappa shape index (κ2) is 6.18. The molecule has 1 aromatic rings. The second-order valence-corrected chi connectivity index (χ2v) is 3.58. The van der Waals surface area contributed by atoms with Crippen LogP contribution in [0.2, 0.25) is 0 Å². The van der Waals surface area contributed by atoms with Crippen molar-refractivity contribution < 1.29 is 5.03 Å². The van der Waals surface area contributed by atoms with E-state index in [0.29, 0.717) is 0 Å². The molecule has 0 aliphatic rings. The lowest BCUT2D eigenvalue weighted by Crippen LogP contribution is -2.35. The van der Waals surface area contributed by atoms with Crippen molar-refractivity contribution in [3.05, 3.63) is 39.9 Å². The van der Waals surface area contributed by atoms with Crippen molar-refractivity contribution in [2.24, 2.45) is 15.9 Å². The van der Waals surface area contributed by atoms with E-state index in [-0.39, 0.29) is 5.96 Å². The third-order valence-corrected chi connectivity index (χ3v) is 1.99. The Kier molecular flexibility index (Phi) is 4.61. The molecule has 3 N–H and O–H groups in total. The molecule has 0 heterocycles. The van der Waals surface area contributed by atoms with Crippen molar-refractivity contribution in [1.82, 2.24) is 5.43 Å². The summed E-state index contributed by atoms with van der Waals surface area (Å²) in [5.41, 5.74) is 8.74. The maximum atomic E-state index is 10.0. The first kappa shape index (κ1) is 13.4.